The minimum Gasteiger partial charge on any atom is -0.462 e. The smallest absolute Gasteiger partial charge is 0.306 e. The van der Waals surface area contributed by atoms with Crippen LogP contribution in [0.25, 0.3) is 0 Å². The van der Waals surface area contributed by atoms with E-state index in [2.05, 4.69) is 13.8 Å². The van der Waals surface area contributed by atoms with Crippen LogP contribution >= 0.6 is 0 Å². The van der Waals surface area contributed by atoms with Gasteiger partial charge in [-0.15, -0.1) is 0 Å². The van der Waals surface area contributed by atoms with Gasteiger partial charge in [0, 0.05) is 12.8 Å². The molecule has 0 amide bonds. The lowest BCUT2D eigenvalue weighted by Crippen LogP contribution is -2.60. The van der Waals surface area contributed by atoms with E-state index in [-0.39, 0.29) is 19.4 Å². The first-order valence-corrected chi connectivity index (χ1v) is 28.7. The van der Waals surface area contributed by atoms with Crippen LogP contribution in [-0.4, -0.2) is 96.0 Å². The van der Waals surface area contributed by atoms with Crippen molar-refractivity contribution >= 4 is 22.1 Å². The minimum absolute atomic E-state index is 0.173. The molecule has 0 saturated carbocycles. The first kappa shape index (κ1) is 61.7. The zero-order valence-corrected chi connectivity index (χ0v) is 42.4. The molecule has 1 heterocycles. The molecule has 2 unspecified atom stereocenters. The van der Waals surface area contributed by atoms with Gasteiger partial charge >= 0.3 is 11.9 Å². The highest BCUT2D eigenvalue weighted by atomic mass is 32.2. The lowest BCUT2D eigenvalue weighted by atomic mass is 10.00. The summed E-state index contributed by atoms with van der Waals surface area (Å²) >= 11 is 0. The van der Waals surface area contributed by atoms with Crippen LogP contribution in [0.15, 0.2) is 0 Å². The first-order chi connectivity index (χ1) is 31.5. The van der Waals surface area contributed by atoms with Crippen LogP contribution in [0.1, 0.15) is 264 Å². The fourth-order valence-corrected chi connectivity index (χ4v) is 9.43. The van der Waals surface area contributed by atoms with Crippen molar-refractivity contribution in [1.82, 2.24) is 0 Å². The van der Waals surface area contributed by atoms with Crippen molar-refractivity contribution in [3.05, 3.63) is 0 Å². The van der Waals surface area contributed by atoms with Gasteiger partial charge in [-0.1, -0.05) is 239 Å². The molecule has 0 spiro atoms. The predicted molar refractivity (Wildman–Crippen MR) is 261 cm³/mol. The van der Waals surface area contributed by atoms with E-state index in [0.717, 1.165) is 38.5 Å². The summed E-state index contributed by atoms with van der Waals surface area (Å²) < 4.78 is 54.3. The van der Waals surface area contributed by atoms with Crippen LogP contribution in [0.3, 0.4) is 0 Å². The quantitative estimate of drug-likeness (QED) is 0.0257. The number of carbonyl (C=O) groups excluding carboxylic acids is 2. The lowest BCUT2D eigenvalue weighted by molar-refractivity contribution is -0.297. The number of carbonyl (C=O) groups is 2. The van der Waals surface area contributed by atoms with Crippen molar-refractivity contribution in [1.29, 1.82) is 0 Å². The van der Waals surface area contributed by atoms with Crippen LogP contribution in [-0.2, 0) is 38.7 Å². The summed E-state index contributed by atoms with van der Waals surface area (Å²) in [6, 6.07) is 0. The van der Waals surface area contributed by atoms with E-state index in [1.54, 1.807) is 0 Å². The van der Waals surface area contributed by atoms with Crippen molar-refractivity contribution in [3.63, 3.8) is 0 Å². The Morgan fingerprint density at radius 3 is 1.12 bits per heavy atom. The lowest BCUT2D eigenvalue weighted by Gasteiger charge is -2.40. The Hall–Kier alpha value is -1.35. The first-order valence-electron chi connectivity index (χ1n) is 27.1. The minimum atomic E-state index is -4.60. The molecule has 1 fully saturated rings. The van der Waals surface area contributed by atoms with Gasteiger partial charge in [-0.2, -0.15) is 8.42 Å². The molecule has 6 atom stereocenters. The molecular weight excluding hydrogens is 849 g/mol. The molecule has 12 nitrogen and oxygen atoms in total. The Balaban J connectivity index is 2.32. The van der Waals surface area contributed by atoms with Crippen LogP contribution in [0.2, 0.25) is 0 Å². The molecule has 1 aliphatic rings. The van der Waals surface area contributed by atoms with Crippen molar-refractivity contribution in [3.8, 4) is 0 Å². The maximum Gasteiger partial charge on any atom is 0.306 e. The third-order valence-electron chi connectivity index (χ3n) is 12.9. The molecule has 0 aromatic rings. The van der Waals surface area contributed by atoms with Gasteiger partial charge in [0.2, 0.25) is 0 Å². The Bertz CT molecular complexity index is 1200. The second kappa shape index (κ2) is 42.7. The molecule has 0 aromatic heterocycles. The number of unbranched alkanes of at least 4 members (excludes halogenated alkanes) is 35. The summed E-state index contributed by atoms with van der Waals surface area (Å²) in [7, 11) is -4.60. The van der Waals surface area contributed by atoms with Gasteiger partial charge in [0.25, 0.3) is 10.1 Å². The molecule has 1 saturated heterocycles. The molecular formula is C52H100O12S. The Labute approximate surface area is 397 Å². The van der Waals surface area contributed by atoms with Crippen LogP contribution in [0.4, 0.5) is 0 Å². The van der Waals surface area contributed by atoms with Gasteiger partial charge in [0.15, 0.2) is 12.4 Å². The normalized spacial score (nSPS) is 19.4. The van der Waals surface area contributed by atoms with E-state index in [0.29, 0.717) is 12.8 Å². The van der Waals surface area contributed by atoms with Crippen molar-refractivity contribution in [2.75, 3.05) is 19.0 Å². The number of hydrogen-bond acceptors (Lipinski definition) is 11. The van der Waals surface area contributed by atoms with E-state index in [4.69, 9.17) is 18.9 Å². The molecule has 0 bridgehead atoms. The third-order valence-corrected chi connectivity index (χ3v) is 13.7. The molecule has 13 heteroatoms. The van der Waals surface area contributed by atoms with Gasteiger partial charge in [-0.3, -0.25) is 14.1 Å². The van der Waals surface area contributed by atoms with E-state index in [1.165, 1.54) is 186 Å². The van der Waals surface area contributed by atoms with Crippen molar-refractivity contribution in [2.45, 2.75) is 301 Å². The molecule has 0 radical (unpaired) electrons. The zero-order chi connectivity index (χ0) is 47.6. The van der Waals surface area contributed by atoms with Crippen LogP contribution < -0.4 is 0 Å². The number of rotatable bonds is 47. The number of aliphatic hydroxyl groups is 3. The summed E-state index contributed by atoms with van der Waals surface area (Å²) in [4.78, 5) is 25.5. The van der Waals surface area contributed by atoms with Crippen LogP contribution in [0.5, 0.6) is 0 Å². The van der Waals surface area contributed by atoms with E-state index in [9.17, 15) is 37.9 Å². The van der Waals surface area contributed by atoms with Crippen molar-refractivity contribution < 1.29 is 56.8 Å². The largest absolute Gasteiger partial charge is 0.462 e. The molecule has 386 valence electrons. The summed E-state index contributed by atoms with van der Waals surface area (Å²) in [6.45, 7) is 3.82. The highest BCUT2D eigenvalue weighted by Gasteiger charge is 2.46. The average molecular weight is 949 g/mol. The SMILES string of the molecule is CCCCCCCCCCCCCCCCCCCCCCCC(=O)OC[C@H](CO[C@H]1O[C@H](CS(=O)(=O)O)[C@@H](O)C(O)C1O)OC(=O)CCCCCCCCCCCCCCCCCC. The summed E-state index contributed by atoms with van der Waals surface area (Å²) in [6.07, 6.45) is 37.2. The Morgan fingerprint density at radius 1 is 0.462 bits per heavy atom. The van der Waals surface area contributed by atoms with Crippen molar-refractivity contribution in [2.24, 2.45) is 0 Å². The number of hydrogen-bond donors (Lipinski definition) is 4. The number of esters is 2. The second-order valence-electron chi connectivity index (χ2n) is 19.3. The number of aliphatic hydroxyl groups excluding tert-OH is 3. The molecule has 4 N–H and O–H groups in total. The maximum atomic E-state index is 12.9. The highest BCUT2D eigenvalue weighted by Crippen LogP contribution is 2.24. The van der Waals surface area contributed by atoms with Gasteiger partial charge in [-0.25, -0.2) is 0 Å². The van der Waals surface area contributed by atoms with Gasteiger partial charge < -0.3 is 34.3 Å². The fourth-order valence-electron chi connectivity index (χ4n) is 8.74. The van der Waals surface area contributed by atoms with Gasteiger partial charge in [0.1, 0.15) is 36.8 Å². The summed E-state index contributed by atoms with van der Waals surface area (Å²) in [5.74, 6) is -1.95. The molecule has 0 aromatic carbocycles. The molecule has 1 aliphatic heterocycles. The average Bonchev–Trinajstić information content (AvgIpc) is 3.27. The van der Waals surface area contributed by atoms with Crippen LogP contribution in [0, 0.1) is 0 Å². The zero-order valence-electron chi connectivity index (χ0n) is 41.6. The van der Waals surface area contributed by atoms with E-state index in [1.807, 2.05) is 0 Å². The van der Waals surface area contributed by atoms with E-state index >= 15 is 0 Å². The number of ether oxygens (including phenoxy) is 4. The second-order valence-corrected chi connectivity index (χ2v) is 20.8. The fraction of sp³-hybridized carbons (Fsp3) is 0.962. The summed E-state index contributed by atoms with van der Waals surface area (Å²) in [5, 5.41) is 31.0. The standard InChI is InChI=1S/C52H100O12S/c1-3-5-7-9-11-13-15-17-19-21-22-23-24-25-27-28-30-32-34-36-38-40-47(53)61-42-45(43-62-52-51(57)50(56)49(55)46(64-52)44-65(58,59)60)63-48(54)41-39-37-35-33-31-29-26-20-18-16-14-12-10-8-6-4-2/h45-46,49-52,55-57H,3-44H2,1-2H3,(H,58,59,60)/t45-,46-,49-,50?,51?,52+/m1/s1. The van der Waals surface area contributed by atoms with Gasteiger partial charge in [-0.05, 0) is 12.8 Å². The molecule has 0 aliphatic carbocycles. The van der Waals surface area contributed by atoms with E-state index < -0.39 is 71.2 Å². The Kier molecular flexibility index (Phi) is 40.5. The Morgan fingerprint density at radius 2 is 0.785 bits per heavy atom. The topological polar surface area (TPSA) is 186 Å². The maximum absolute atomic E-state index is 12.9. The summed E-state index contributed by atoms with van der Waals surface area (Å²) in [5.41, 5.74) is 0. The molecule has 1 rings (SSSR count). The monoisotopic (exact) mass is 949 g/mol. The highest BCUT2D eigenvalue weighted by molar-refractivity contribution is 7.85. The third kappa shape index (κ3) is 37.3. The van der Waals surface area contributed by atoms with Gasteiger partial charge in [0.05, 0.1) is 6.61 Å². The molecule has 65 heavy (non-hydrogen) atoms. The predicted octanol–water partition coefficient (Wildman–Crippen LogP) is 12.4.